The highest BCUT2D eigenvalue weighted by molar-refractivity contribution is 6.07. The Bertz CT molecular complexity index is 1770. The number of amides is 3. The van der Waals surface area contributed by atoms with Crippen LogP contribution in [0.4, 0.5) is 5.69 Å². The molecule has 2 aromatic heterocycles. The third-order valence-corrected chi connectivity index (χ3v) is 8.65. The van der Waals surface area contributed by atoms with E-state index in [9.17, 15) is 14.4 Å². The number of aryl methyl sites for hydroxylation is 2. The first-order chi connectivity index (χ1) is 21.8. The number of H-pyrrole nitrogens is 1. The smallest absolute Gasteiger partial charge is 0.247 e. The molecule has 3 amide bonds. The topological polar surface area (TPSA) is 132 Å². The van der Waals surface area contributed by atoms with Crippen molar-refractivity contribution in [1.29, 1.82) is 0 Å². The summed E-state index contributed by atoms with van der Waals surface area (Å²) in [4.78, 5) is 51.8. The van der Waals surface area contributed by atoms with Gasteiger partial charge in [0, 0.05) is 53.4 Å². The normalized spacial score (nSPS) is 17.6. The molecular weight excluding hydrogens is 572 g/mol. The molecule has 6 rings (SSSR count). The lowest BCUT2D eigenvalue weighted by Gasteiger charge is -2.25. The van der Waals surface area contributed by atoms with Crippen molar-refractivity contribution in [3.8, 4) is 5.75 Å². The Labute approximate surface area is 262 Å². The van der Waals surface area contributed by atoms with Crippen LogP contribution in [0, 0.1) is 13.8 Å². The van der Waals surface area contributed by atoms with Gasteiger partial charge in [-0.1, -0.05) is 0 Å². The number of anilines is 1. The minimum absolute atomic E-state index is 0.0208. The standard InChI is InChI=1S/C34H40N6O5/c1-21-16-23-17-24(9-12-30(23)45-21)36-34(38-31(41)19-27-22(2)35-29-18-25(44-3)10-11-26(27)29)37-28-8-4-5-15-40(33(28)43)20-32(42)39-13-6-7-14-39/h9-12,16-18,28,35H,4-8,13-15,19-20H2,1-3H3,(H2,36,37,38,41)/t28-/m0/s1. The molecule has 1 atom stereocenters. The number of carbonyl (C=O) groups excluding carboxylic acids is 3. The third-order valence-electron chi connectivity index (χ3n) is 8.65. The first-order valence-corrected chi connectivity index (χ1v) is 15.6. The number of aromatic nitrogens is 1. The van der Waals surface area contributed by atoms with Crippen molar-refractivity contribution < 1.29 is 23.5 Å². The van der Waals surface area contributed by atoms with Crippen LogP contribution in [0.2, 0.25) is 0 Å². The second kappa shape index (κ2) is 13.1. The number of benzene rings is 2. The number of fused-ring (bicyclic) bond motifs is 2. The fraction of sp³-hybridized carbons (Fsp3) is 0.412. The maximum absolute atomic E-state index is 13.7. The number of nitrogens with one attached hydrogen (secondary N) is 3. The van der Waals surface area contributed by atoms with Gasteiger partial charge in [0.1, 0.15) is 23.1 Å². The average molecular weight is 613 g/mol. The van der Waals surface area contributed by atoms with Crippen LogP contribution in [0.3, 0.4) is 0 Å². The van der Waals surface area contributed by atoms with E-state index in [2.05, 4.69) is 15.6 Å². The molecule has 0 radical (unpaired) electrons. The number of guanidine groups is 1. The Morgan fingerprint density at radius 1 is 1.04 bits per heavy atom. The molecule has 2 saturated heterocycles. The number of hydrogen-bond acceptors (Lipinski definition) is 6. The number of nitrogens with zero attached hydrogens (tertiary/aromatic N) is 3. The monoisotopic (exact) mass is 612 g/mol. The zero-order chi connectivity index (χ0) is 31.5. The molecule has 0 unspecified atom stereocenters. The number of hydrogen-bond donors (Lipinski definition) is 3. The van der Waals surface area contributed by atoms with Crippen LogP contribution in [0.1, 0.15) is 49.1 Å². The van der Waals surface area contributed by atoms with Gasteiger partial charge in [0.2, 0.25) is 23.7 Å². The summed E-state index contributed by atoms with van der Waals surface area (Å²) >= 11 is 0. The fourth-order valence-electron chi connectivity index (χ4n) is 6.29. The molecule has 45 heavy (non-hydrogen) atoms. The minimum atomic E-state index is -0.733. The van der Waals surface area contributed by atoms with E-state index in [4.69, 9.17) is 14.1 Å². The van der Waals surface area contributed by atoms with E-state index in [1.807, 2.05) is 61.2 Å². The van der Waals surface area contributed by atoms with E-state index in [-0.39, 0.29) is 36.6 Å². The Balaban J connectivity index is 1.25. The highest BCUT2D eigenvalue weighted by atomic mass is 16.5. The summed E-state index contributed by atoms with van der Waals surface area (Å²) in [5.74, 6) is 1.22. The van der Waals surface area contributed by atoms with E-state index in [0.29, 0.717) is 18.7 Å². The summed E-state index contributed by atoms with van der Waals surface area (Å²) < 4.78 is 11.1. The van der Waals surface area contributed by atoms with Crippen molar-refractivity contribution in [3.05, 3.63) is 59.5 Å². The quantitative estimate of drug-likeness (QED) is 0.205. The van der Waals surface area contributed by atoms with Crippen LogP contribution in [0.5, 0.6) is 5.75 Å². The Hall–Kier alpha value is -4.80. The van der Waals surface area contributed by atoms with Gasteiger partial charge in [-0.05, 0) is 87.9 Å². The van der Waals surface area contributed by atoms with Gasteiger partial charge in [-0.2, -0.15) is 0 Å². The van der Waals surface area contributed by atoms with Crippen molar-refractivity contribution in [3.63, 3.8) is 0 Å². The van der Waals surface area contributed by atoms with Gasteiger partial charge in [0.05, 0.1) is 20.1 Å². The summed E-state index contributed by atoms with van der Waals surface area (Å²) in [5, 5.41) is 8.05. The zero-order valence-electron chi connectivity index (χ0n) is 26.1. The molecule has 0 bridgehead atoms. The molecule has 2 aromatic carbocycles. The van der Waals surface area contributed by atoms with E-state index >= 15 is 0 Å². The molecule has 0 aliphatic carbocycles. The van der Waals surface area contributed by atoms with Gasteiger partial charge >= 0.3 is 0 Å². The van der Waals surface area contributed by atoms with E-state index in [1.165, 1.54) is 0 Å². The number of furan rings is 1. The van der Waals surface area contributed by atoms with E-state index in [1.54, 1.807) is 12.0 Å². The van der Waals surface area contributed by atoms with Gasteiger partial charge < -0.3 is 29.3 Å². The second-order valence-electron chi connectivity index (χ2n) is 11.9. The van der Waals surface area contributed by atoms with Crippen LogP contribution >= 0.6 is 0 Å². The Kier molecular flexibility index (Phi) is 8.77. The first-order valence-electron chi connectivity index (χ1n) is 15.6. The van der Waals surface area contributed by atoms with Gasteiger partial charge in [0.15, 0.2) is 0 Å². The first kappa shape index (κ1) is 30.2. The summed E-state index contributed by atoms with van der Waals surface area (Å²) in [7, 11) is 1.62. The molecule has 4 heterocycles. The van der Waals surface area contributed by atoms with Crippen LogP contribution in [0.15, 0.2) is 51.9 Å². The average Bonchev–Trinajstić information content (AvgIpc) is 3.73. The van der Waals surface area contributed by atoms with Crippen molar-refractivity contribution in [2.24, 2.45) is 4.99 Å². The SMILES string of the molecule is COc1ccc2c(CC(=O)NC(=N[C@H]3CCCCN(CC(=O)N4CCCC4)C3=O)Nc3ccc4oc(C)cc4c3)c(C)[nH]c2c1. The van der Waals surface area contributed by atoms with Crippen LogP contribution in [-0.2, 0) is 20.8 Å². The molecule has 2 aliphatic rings. The lowest BCUT2D eigenvalue weighted by atomic mass is 10.1. The number of aromatic amines is 1. The van der Waals surface area contributed by atoms with Gasteiger partial charge in [-0.25, -0.2) is 4.99 Å². The molecule has 11 heteroatoms. The summed E-state index contributed by atoms with van der Waals surface area (Å²) in [5.41, 5.74) is 4.09. The Morgan fingerprint density at radius 3 is 2.64 bits per heavy atom. The van der Waals surface area contributed by atoms with Gasteiger partial charge in [0.25, 0.3) is 0 Å². The van der Waals surface area contributed by atoms with E-state index in [0.717, 1.165) is 83.4 Å². The molecule has 4 aromatic rings. The highest BCUT2D eigenvalue weighted by Crippen LogP contribution is 2.27. The number of carbonyl (C=O) groups is 3. The van der Waals surface area contributed by atoms with Crippen LogP contribution in [-0.4, -0.2) is 77.8 Å². The largest absolute Gasteiger partial charge is 0.497 e. The van der Waals surface area contributed by atoms with Crippen LogP contribution < -0.4 is 15.4 Å². The minimum Gasteiger partial charge on any atom is -0.497 e. The molecular formula is C34H40N6O5. The molecule has 236 valence electrons. The lowest BCUT2D eigenvalue weighted by Crippen LogP contribution is -2.45. The van der Waals surface area contributed by atoms with E-state index < -0.39 is 6.04 Å². The fourth-order valence-corrected chi connectivity index (χ4v) is 6.29. The summed E-state index contributed by atoms with van der Waals surface area (Å²) in [6.45, 7) is 5.88. The van der Waals surface area contributed by atoms with Crippen molar-refractivity contribution >= 4 is 51.2 Å². The van der Waals surface area contributed by atoms with Gasteiger partial charge in [-0.15, -0.1) is 0 Å². The number of rotatable bonds is 7. The molecule has 0 saturated carbocycles. The molecule has 11 nitrogen and oxygen atoms in total. The van der Waals surface area contributed by atoms with Crippen molar-refractivity contribution in [2.75, 3.05) is 38.6 Å². The molecule has 0 spiro atoms. The molecule has 2 fully saturated rings. The number of likely N-dealkylation sites (tertiary alicyclic amines) is 2. The van der Waals surface area contributed by atoms with Crippen molar-refractivity contribution in [2.45, 2.75) is 58.4 Å². The second-order valence-corrected chi connectivity index (χ2v) is 11.9. The van der Waals surface area contributed by atoms with Gasteiger partial charge in [-0.3, -0.25) is 19.7 Å². The predicted molar refractivity (Wildman–Crippen MR) is 173 cm³/mol. The highest BCUT2D eigenvalue weighted by Gasteiger charge is 2.30. The summed E-state index contributed by atoms with van der Waals surface area (Å²) in [6.07, 6.45) is 4.20. The Morgan fingerprint density at radius 2 is 1.84 bits per heavy atom. The van der Waals surface area contributed by atoms with Crippen molar-refractivity contribution in [1.82, 2.24) is 20.1 Å². The maximum atomic E-state index is 13.7. The predicted octanol–water partition coefficient (Wildman–Crippen LogP) is 4.67. The number of ether oxygens (including phenoxy) is 1. The number of aliphatic imine (C=N–C) groups is 1. The maximum Gasteiger partial charge on any atom is 0.247 e. The number of methoxy groups -OCH3 is 1. The van der Waals surface area contributed by atoms with Crippen LogP contribution in [0.25, 0.3) is 21.9 Å². The molecule has 3 N–H and O–H groups in total. The molecule has 2 aliphatic heterocycles. The third kappa shape index (κ3) is 6.82. The lowest BCUT2D eigenvalue weighted by molar-refractivity contribution is -0.140. The summed E-state index contributed by atoms with van der Waals surface area (Å²) in [6, 6.07) is 12.5. The zero-order valence-corrected chi connectivity index (χ0v) is 26.1.